The number of rotatable bonds is 5. The molecule has 1 aliphatic heterocycles. The van der Waals surface area contributed by atoms with E-state index in [1.807, 2.05) is 41.3 Å². The molecule has 0 saturated carbocycles. The van der Waals surface area contributed by atoms with Gasteiger partial charge in [-0.05, 0) is 40.1 Å². The van der Waals surface area contributed by atoms with Gasteiger partial charge in [0.15, 0.2) is 0 Å². The van der Waals surface area contributed by atoms with E-state index in [1.54, 1.807) is 23.3 Å². The van der Waals surface area contributed by atoms with Crippen LogP contribution >= 0.6 is 11.3 Å². The zero-order chi connectivity index (χ0) is 20.9. The van der Waals surface area contributed by atoms with Crippen molar-refractivity contribution in [2.24, 2.45) is 0 Å². The standard InChI is InChI=1S/C23H25N3O3S/c1-29-19-6-4-5-17(13-19)15-24-23(28)26-11-9-25(10-12-26)22(27)14-18-16-30-21-8-3-2-7-20(18)21/h2-8,13,16H,9-12,14-15H2,1H3,(H,24,28). The van der Waals surface area contributed by atoms with Crippen molar-refractivity contribution >= 4 is 33.4 Å². The maximum Gasteiger partial charge on any atom is 0.317 e. The van der Waals surface area contributed by atoms with Crippen LogP contribution < -0.4 is 10.1 Å². The van der Waals surface area contributed by atoms with Gasteiger partial charge in [-0.2, -0.15) is 0 Å². The Balaban J connectivity index is 1.26. The number of ether oxygens (including phenoxy) is 1. The SMILES string of the molecule is COc1cccc(CNC(=O)N2CCN(C(=O)Cc3csc4ccccc34)CC2)c1. The molecular formula is C23H25N3O3S. The summed E-state index contributed by atoms with van der Waals surface area (Å²) >= 11 is 1.67. The van der Waals surface area contributed by atoms with Crippen LogP contribution in [-0.2, 0) is 17.8 Å². The number of nitrogens with one attached hydrogen (secondary N) is 1. The van der Waals surface area contributed by atoms with Crippen LogP contribution in [0, 0.1) is 0 Å². The predicted octanol–water partition coefficient (Wildman–Crippen LogP) is 3.51. The Morgan fingerprint density at radius 2 is 1.80 bits per heavy atom. The van der Waals surface area contributed by atoms with Crippen molar-refractivity contribution in [1.82, 2.24) is 15.1 Å². The fourth-order valence-electron chi connectivity index (χ4n) is 3.68. The quantitative estimate of drug-likeness (QED) is 0.683. The summed E-state index contributed by atoms with van der Waals surface area (Å²) in [7, 11) is 1.62. The molecule has 1 aromatic heterocycles. The fraction of sp³-hybridized carbons (Fsp3) is 0.304. The minimum atomic E-state index is -0.103. The van der Waals surface area contributed by atoms with Gasteiger partial charge in [0.25, 0.3) is 0 Å². The van der Waals surface area contributed by atoms with Gasteiger partial charge in [0.05, 0.1) is 13.5 Å². The Morgan fingerprint density at radius 3 is 2.60 bits per heavy atom. The lowest BCUT2D eigenvalue weighted by Crippen LogP contribution is -2.53. The molecule has 156 valence electrons. The number of carbonyl (C=O) groups is 2. The van der Waals surface area contributed by atoms with Crippen LogP contribution in [0.25, 0.3) is 10.1 Å². The number of piperazine rings is 1. The topological polar surface area (TPSA) is 61.9 Å². The summed E-state index contributed by atoms with van der Waals surface area (Å²) in [5.41, 5.74) is 2.07. The summed E-state index contributed by atoms with van der Waals surface area (Å²) in [5, 5.41) is 6.18. The first kappa shape index (κ1) is 20.2. The molecule has 30 heavy (non-hydrogen) atoms. The Hall–Kier alpha value is -3.06. The molecule has 1 fully saturated rings. The lowest BCUT2D eigenvalue weighted by Gasteiger charge is -2.34. The summed E-state index contributed by atoms with van der Waals surface area (Å²) < 4.78 is 6.42. The summed E-state index contributed by atoms with van der Waals surface area (Å²) in [6.07, 6.45) is 0.409. The molecule has 0 atom stereocenters. The van der Waals surface area contributed by atoms with Crippen molar-refractivity contribution in [3.8, 4) is 5.75 Å². The van der Waals surface area contributed by atoms with Crippen LogP contribution in [0.1, 0.15) is 11.1 Å². The zero-order valence-corrected chi connectivity index (χ0v) is 17.8. The maximum absolute atomic E-state index is 12.8. The Kier molecular flexibility index (Phi) is 6.18. The average Bonchev–Trinajstić information content (AvgIpc) is 3.20. The van der Waals surface area contributed by atoms with E-state index in [0.717, 1.165) is 22.3 Å². The maximum atomic E-state index is 12.8. The number of hydrogen-bond donors (Lipinski definition) is 1. The number of benzene rings is 2. The molecule has 4 rings (SSSR count). The highest BCUT2D eigenvalue weighted by Gasteiger charge is 2.24. The van der Waals surface area contributed by atoms with Gasteiger partial charge in [-0.1, -0.05) is 30.3 Å². The van der Waals surface area contributed by atoms with E-state index in [9.17, 15) is 9.59 Å². The number of thiophene rings is 1. The highest BCUT2D eigenvalue weighted by molar-refractivity contribution is 7.17. The van der Waals surface area contributed by atoms with Crippen molar-refractivity contribution in [2.75, 3.05) is 33.3 Å². The van der Waals surface area contributed by atoms with Crippen molar-refractivity contribution in [3.05, 3.63) is 65.0 Å². The molecule has 2 aromatic carbocycles. The van der Waals surface area contributed by atoms with E-state index in [1.165, 1.54) is 4.70 Å². The average molecular weight is 424 g/mol. The highest BCUT2D eigenvalue weighted by Crippen LogP contribution is 2.26. The second-order valence-electron chi connectivity index (χ2n) is 7.31. The van der Waals surface area contributed by atoms with Crippen LogP contribution in [0.2, 0.25) is 0 Å². The van der Waals surface area contributed by atoms with Crippen LogP contribution in [0.5, 0.6) is 5.75 Å². The Labute approximate surface area is 180 Å². The van der Waals surface area contributed by atoms with Gasteiger partial charge in [-0.15, -0.1) is 11.3 Å². The monoisotopic (exact) mass is 423 g/mol. The summed E-state index contributed by atoms with van der Waals surface area (Å²) in [6.45, 7) is 2.65. The molecule has 0 unspecified atom stereocenters. The number of hydrogen-bond acceptors (Lipinski definition) is 4. The number of methoxy groups -OCH3 is 1. The first-order valence-electron chi connectivity index (χ1n) is 10.0. The first-order valence-corrected chi connectivity index (χ1v) is 10.9. The van der Waals surface area contributed by atoms with E-state index < -0.39 is 0 Å². The van der Waals surface area contributed by atoms with Gasteiger partial charge in [0, 0.05) is 37.4 Å². The third kappa shape index (κ3) is 4.57. The van der Waals surface area contributed by atoms with Crippen molar-refractivity contribution in [3.63, 3.8) is 0 Å². The van der Waals surface area contributed by atoms with Crippen LogP contribution in [-0.4, -0.2) is 55.0 Å². The molecule has 6 nitrogen and oxygen atoms in total. The van der Waals surface area contributed by atoms with Crippen LogP contribution in [0.3, 0.4) is 0 Å². The normalized spacial score (nSPS) is 14.0. The van der Waals surface area contributed by atoms with E-state index in [0.29, 0.717) is 39.1 Å². The van der Waals surface area contributed by atoms with Gasteiger partial charge in [-0.25, -0.2) is 4.79 Å². The Morgan fingerprint density at radius 1 is 1.03 bits per heavy atom. The molecule has 0 bridgehead atoms. The van der Waals surface area contributed by atoms with Gasteiger partial charge >= 0.3 is 6.03 Å². The molecule has 1 saturated heterocycles. The second-order valence-corrected chi connectivity index (χ2v) is 8.22. The van der Waals surface area contributed by atoms with Crippen molar-refractivity contribution in [2.45, 2.75) is 13.0 Å². The zero-order valence-electron chi connectivity index (χ0n) is 17.0. The van der Waals surface area contributed by atoms with E-state index >= 15 is 0 Å². The summed E-state index contributed by atoms with van der Waals surface area (Å²) in [4.78, 5) is 28.9. The number of nitrogens with zero attached hydrogens (tertiary/aromatic N) is 2. The van der Waals surface area contributed by atoms with Crippen molar-refractivity contribution < 1.29 is 14.3 Å². The minimum absolute atomic E-state index is 0.103. The Bertz CT molecular complexity index is 1040. The summed E-state index contributed by atoms with van der Waals surface area (Å²) in [5.74, 6) is 0.891. The lowest BCUT2D eigenvalue weighted by atomic mass is 10.1. The fourth-order valence-corrected chi connectivity index (χ4v) is 4.64. The molecule has 0 aliphatic carbocycles. The molecule has 3 aromatic rings. The van der Waals surface area contributed by atoms with Crippen molar-refractivity contribution in [1.29, 1.82) is 0 Å². The largest absolute Gasteiger partial charge is 0.497 e. The molecular weight excluding hydrogens is 398 g/mol. The molecule has 3 amide bonds. The predicted molar refractivity (Wildman–Crippen MR) is 119 cm³/mol. The van der Waals surface area contributed by atoms with Gasteiger partial charge in [0.2, 0.25) is 5.91 Å². The first-order chi connectivity index (χ1) is 14.6. The molecule has 1 N–H and O–H groups in total. The van der Waals surface area contributed by atoms with Crippen LogP contribution in [0.15, 0.2) is 53.9 Å². The third-order valence-corrected chi connectivity index (χ3v) is 6.41. The van der Waals surface area contributed by atoms with Gasteiger partial charge < -0.3 is 19.9 Å². The molecule has 2 heterocycles. The molecule has 7 heteroatoms. The van der Waals surface area contributed by atoms with Gasteiger partial charge in [-0.3, -0.25) is 4.79 Å². The number of urea groups is 1. The summed E-state index contributed by atoms with van der Waals surface area (Å²) in [6, 6.07) is 15.7. The van der Waals surface area contributed by atoms with Crippen LogP contribution in [0.4, 0.5) is 4.79 Å². The molecule has 0 spiro atoms. The smallest absolute Gasteiger partial charge is 0.317 e. The van der Waals surface area contributed by atoms with E-state index in [2.05, 4.69) is 22.8 Å². The third-order valence-electron chi connectivity index (χ3n) is 5.40. The van der Waals surface area contributed by atoms with E-state index in [4.69, 9.17) is 4.74 Å². The molecule has 1 aliphatic rings. The minimum Gasteiger partial charge on any atom is -0.497 e. The highest BCUT2D eigenvalue weighted by atomic mass is 32.1. The number of carbonyl (C=O) groups excluding carboxylic acids is 2. The molecule has 0 radical (unpaired) electrons. The van der Waals surface area contributed by atoms with Gasteiger partial charge in [0.1, 0.15) is 5.75 Å². The lowest BCUT2D eigenvalue weighted by molar-refractivity contribution is -0.131. The van der Waals surface area contributed by atoms with E-state index in [-0.39, 0.29) is 11.9 Å². The number of amides is 3. The second kappa shape index (κ2) is 9.17. The number of fused-ring (bicyclic) bond motifs is 1.